The molecule has 0 atom stereocenters. The molecule has 0 aromatic carbocycles. The van der Waals surface area contributed by atoms with Gasteiger partial charge in [0.05, 0.1) is 24.5 Å². The van der Waals surface area contributed by atoms with E-state index in [4.69, 9.17) is 5.26 Å². The van der Waals surface area contributed by atoms with Gasteiger partial charge >= 0.3 is 0 Å². The minimum absolute atomic E-state index is 0.403. The van der Waals surface area contributed by atoms with E-state index in [1.807, 2.05) is 10.8 Å². The fourth-order valence-corrected chi connectivity index (χ4v) is 0.834. The average Bonchev–Trinajstić information content (AvgIpc) is 2.37. The molecule has 1 aromatic rings. The van der Waals surface area contributed by atoms with Crippen LogP contribution in [0.15, 0.2) is 12.5 Å². The smallest absolute Gasteiger partial charge is 0.0952 e. The molecule has 3 heteroatoms. The first-order valence-corrected chi connectivity index (χ1v) is 3.63. The Bertz CT molecular complexity index is 267. The molecule has 0 saturated carbocycles. The van der Waals surface area contributed by atoms with Crippen molar-refractivity contribution in [2.24, 2.45) is 0 Å². The van der Waals surface area contributed by atoms with Crippen LogP contribution >= 0.6 is 0 Å². The van der Waals surface area contributed by atoms with Gasteiger partial charge in [-0.2, -0.15) is 5.26 Å². The third kappa shape index (κ3) is 1.81. The average molecular weight is 149 g/mol. The molecule has 0 spiro atoms. The number of hydrogen-bond acceptors (Lipinski definition) is 2. The molecule has 0 aliphatic rings. The van der Waals surface area contributed by atoms with Crippen molar-refractivity contribution in [2.75, 3.05) is 0 Å². The normalized spacial score (nSPS) is 10.0. The lowest BCUT2D eigenvalue weighted by Gasteiger charge is -2.03. The summed E-state index contributed by atoms with van der Waals surface area (Å²) < 4.78 is 1.99. The Morgan fingerprint density at radius 1 is 1.73 bits per heavy atom. The third-order valence-electron chi connectivity index (χ3n) is 1.51. The summed E-state index contributed by atoms with van der Waals surface area (Å²) in [4.78, 5) is 4.07. The van der Waals surface area contributed by atoms with Crippen molar-refractivity contribution in [3.05, 3.63) is 18.2 Å². The Labute approximate surface area is 66.3 Å². The zero-order valence-corrected chi connectivity index (χ0v) is 6.78. The molecule has 0 aliphatic heterocycles. The quantitative estimate of drug-likeness (QED) is 0.639. The van der Waals surface area contributed by atoms with Crippen LogP contribution in [0.1, 0.15) is 25.6 Å². The Morgan fingerprint density at radius 2 is 2.45 bits per heavy atom. The molecule has 3 nitrogen and oxygen atoms in total. The van der Waals surface area contributed by atoms with Gasteiger partial charge in [0.15, 0.2) is 0 Å². The molecule has 11 heavy (non-hydrogen) atoms. The molecule has 0 amide bonds. The molecule has 58 valence electrons. The number of aromatic nitrogens is 2. The minimum atomic E-state index is 0.403. The maximum absolute atomic E-state index is 8.37. The highest BCUT2D eigenvalue weighted by molar-refractivity contribution is 5.03. The lowest BCUT2D eigenvalue weighted by atomic mass is 10.3. The van der Waals surface area contributed by atoms with Gasteiger partial charge in [0.1, 0.15) is 0 Å². The van der Waals surface area contributed by atoms with E-state index in [0.717, 1.165) is 5.69 Å². The van der Waals surface area contributed by atoms with Gasteiger partial charge in [0.2, 0.25) is 0 Å². The first-order chi connectivity index (χ1) is 5.24. The summed E-state index contributed by atoms with van der Waals surface area (Å²) >= 11 is 0. The number of rotatable bonds is 2. The van der Waals surface area contributed by atoms with Gasteiger partial charge in [-0.05, 0) is 13.8 Å². The van der Waals surface area contributed by atoms with Crippen LogP contribution in [0.5, 0.6) is 0 Å². The lowest BCUT2D eigenvalue weighted by molar-refractivity contribution is 0.599. The van der Waals surface area contributed by atoms with Crippen molar-refractivity contribution in [3.8, 4) is 6.07 Å². The monoisotopic (exact) mass is 149 g/mol. The largest absolute Gasteiger partial charge is 0.335 e. The minimum Gasteiger partial charge on any atom is -0.335 e. The van der Waals surface area contributed by atoms with Crippen molar-refractivity contribution < 1.29 is 0 Å². The number of nitrogens with zero attached hydrogens (tertiary/aromatic N) is 3. The van der Waals surface area contributed by atoms with Crippen molar-refractivity contribution in [2.45, 2.75) is 26.3 Å². The second-order valence-corrected chi connectivity index (χ2v) is 2.74. The van der Waals surface area contributed by atoms with Crippen LogP contribution < -0.4 is 0 Å². The van der Waals surface area contributed by atoms with Crippen LogP contribution in [0.4, 0.5) is 0 Å². The van der Waals surface area contributed by atoms with Crippen LogP contribution in [-0.4, -0.2) is 9.55 Å². The fraction of sp³-hybridized carbons (Fsp3) is 0.500. The van der Waals surface area contributed by atoms with E-state index in [1.54, 1.807) is 6.33 Å². The molecule has 0 N–H and O–H groups in total. The maximum Gasteiger partial charge on any atom is 0.0952 e. The van der Waals surface area contributed by atoms with E-state index < -0.39 is 0 Å². The van der Waals surface area contributed by atoms with Crippen molar-refractivity contribution in [3.63, 3.8) is 0 Å². The van der Waals surface area contributed by atoms with Crippen molar-refractivity contribution >= 4 is 0 Å². The fourth-order valence-electron chi connectivity index (χ4n) is 0.834. The number of imidazole rings is 1. The lowest BCUT2D eigenvalue weighted by Crippen LogP contribution is -1.95. The van der Waals surface area contributed by atoms with E-state index in [-0.39, 0.29) is 0 Å². The molecule has 1 heterocycles. The van der Waals surface area contributed by atoms with Gasteiger partial charge in [0, 0.05) is 12.2 Å². The first kappa shape index (κ1) is 7.80. The second kappa shape index (κ2) is 3.20. The molecule has 0 saturated heterocycles. The SMILES string of the molecule is CC(C)n1cnc(CC#N)c1. The van der Waals surface area contributed by atoms with E-state index in [1.165, 1.54) is 0 Å². The summed E-state index contributed by atoms with van der Waals surface area (Å²) in [6.45, 7) is 4.16. The topological polar surface area (TPSA) is 41.6 Å². The highest BCUT2D eigenvalue weighted by Gasteiger charge is 1.99. The van der Waals surface area contributed by atoms with Crippen LogP contribution in [0.3, 0.4) is 0 Å². The van der Waals surface area contributed by atoms with Gasteiger partial charge in [-0.15, -0.1) is 0 Å². The van der Waals surface area contributed by atoms with Crippen LogP contribution in [-0.2, 0) is 6.42 Å². The Balaban J connectivity index is 2.75. The van der Waals surface area contributed by atoms with Crippen molar-refractivity contribution in [1.82, 2.24) is 9.55 Å². The molecule has 1 aromatic heterocycles. The molecule has 1 rings (SSSR count). The number of nitriles is 1. The zero-order valence-electron chi connectivity index (χ0n) is 6.78. The summed E-state index contributed by atoms with van der Waals surface area (Å²) in [5.74, 6) is 0. The zero-order chi connectivity index (χ0) is 8.27. The molecule has 0 radical (unpaired) electrons. The van der Waals surface area contributed by atoms with E-state index in [9.17, 15) is 0 Å². The van der Waals surface area contributed by atoms with E-state index in [2.05, 4.69) is 24.9 Å². The Kier molecular flexibility index (Phi) is 2.27. The molecule has 0 aliphatic carbocycles. The standard InChI is InChI=1S/C8H11N3/c1-7(2)11-5-8(3-4-9)10-6-11/h5-7H,3H2,1-2H3. The summed E-state index contributed by atoms with van der Waals surface area (Å²) in [7, 11) is 0. The van der Waals surface area contributed by atoms with Gasteiger partial charge < -0.3 is 4.57 Å². The Hall–Kier alpha value is -1.30. The van der Waals surface area contributed by atoms with Crippen LogP contribution in [0.25, 0.3) is 0 Å². The summed E-state index contributed by atoms with van der Waals surface area (Å²) in [5.41, 5.74) is 0.848. The van der Waals surface area contributed by atoms with Crippen LogP contribution in [0.2, 0.25) is 0 Å². The number of hydrogen-bond donors (Lipinski definition) is 0. The Morgan fingerprint density at radius 3 is 2.91 bits per heavy atom. The highest BCUT2D eigenvalue weighted by atomic mass is 15.0. The predicted molar refractivity (Wildman–Crippen MR) is 41.9 cm³/mol. The van der Waals surface area contributed by atoms with Gasteiger partial charge in [-0.25, -0.2) is 4.98 Å². The highest BCUT2D eigenvalue weighted by Crippen LogP contribution is 2.04. The van der Waals surface area contributed by atoms with Gasteiger partial charge in [0.25, 0.3) is 0 Å². The van der Waals surface area contributed by atoms with Gasteiger partial charge in [-0.1, -0.05) is 0 Å². The molecular weight excluding hydrogens is 138 g/mol. The first-order valence-electron chi connectivity index (χ1n) is 3.63. The van der Waals surface area contributed by atoms with Gasteiger partial charge in [-0.3, -0.25) is 0 Å². The van der Waals surface area contributed by atoms with E-state index in [0.29, 0.717) is 12.5 Å². The maximum atomic E-state index is 8.37. The summed E-state index contributed by atoms with van der Waals surface area (Å²) in [6.07, 6.45) is 4.07. The summed E-state index contributed by atoms with van der Waals surface area (Å²) in [6, 6.07) is 2.49. The second-order valence-electron chi connectivity index (χ2n) is 2.74. The predicted octanol–water partition coefficient (Wildman–Crippen LogP) is 1.53. The molecular formula is C8H11N3. The molecule has 0 bridgehead atoms. The summed E-state index contributed by atoms with van der Waals surface area (Å²) in [5, 5.41) is 8.37. The molecule has 0 unspecified atom stereocenters. The third-order valence-corrected chi connectivity index (χ3v) is 1.51. The van der Waals surface area contributed by atoms with Crippen molar-refractivity contribution in [1.29, 1.82) is 5.26 Å². The van der Waals surface area contributed by atoms with Crippen LogP contribution in [0, 0.1) is 11.3 Å². The molecule has 0 fully saturated rings. The van der Waals surface area contributed by atoms with E-state index >= 15 is 0 Å².